The molecule has 0 aliphatic rings. The fourth-order valence-corrected chi connectivity index (χ4v) is 2.44. The van der Waals surface area contributed by atoms with Crippen LogP contribution >= 0.6 is 0 Å². The molecule has 0 bridgehead atoms. The largest absolute Gasteiger partial charge is 0.329 e. The molecule has 0 aliphatic heterocycles. The van der Waals surface area contributed by atoms with Crippen LogP contribution in [0.2, 0.25) is 0 Å². The second-order valence-electron chi connectivity index (χ2n) is 4.58. The molecule has 0 spiro atoms. The predicted octanol–water partition coefficient (Wildman–Crippen LogP) is 1.60. The van der Waals surface area contributed by atoms with Gasteiger partial charge in [0.25, 0.3) is 0 Å². The fourth-order valence-electron chi connectivity index (χ4n) is 2.44. The van der Waals surface area contributed by atoms with Gasteiger partial charge in [0.1, 0.15) is 0 Å². The molecule has 0 saturated heterocycles. The average molecular weight is 256 g/mol. The third-order valence-corrected chi connectivity index (χ3v) is 3.33. The first kappa shape index (κ1) is 11.8. The van der Waals surface area contributed by atoms with E-state index in [-0.39, 0.29) is 5.69 Å². The Labute approximate surface area is 110 Å². The number of fused-ring (bicyclic) bond motifs is 1. The van der Waals surface area contributed by atoms with Crippen LogP contribution in [0.4, 0.5) is 0 Å². The standard InChI is InChI=1S/C14H16N4O/c1-3-17-12-6-4-5-7-13(12)18(14(17)19)10-11-8-9-16(2)15-11/h4-9H,3,10H2,1-2H3. The zero-order valence-corrected chi connectivity index (χ0v) is 11.1. The zero-order valence-electron chi connectivity index (χ0n) is 11.1. The van der Waals surface area contributed by atoms with Crippen LogP contribution in [0.25, 0.3) is 11.0 Å². The SMILES string of the molecule is CCn1c(=O)n(Cc2ccn(C)n2)c2ccccc21. The van der Waals surface area contributed by atoms with Gasteiger partial charge in [0.05, 0.1) is 23.3 Å². The second kappa shape index (κ2) is 4.42. The molecule has 0 aliphatic carbocycles. The maximum Gasteiger partial charge on any atom is 0.329 e. The number of benzene rings is 1. The highest BCUT2D eigenvalue weighted by Crippen LogP contribution is 2.13. The Hall–Kier alpha value is -2.30. The molecular formula is C14H16N4O. The van der Waals surface area contributed by atoms with E-state index in [1.807, 2.05) is 50.5 Å². The van der Waals surface area contributed by atoms with Gasteiger partial charge in [0.2, 0.25) is 0 Å². The molecule has 1 aromatic carbocycles. The molecule has 0 radical (unpaired) electrons. The van der Waals surface area contributed by atoms with E-state index in [2.05, 4.69) is 5.10 Å². The zero-order chi connectivity index (χ0) is 13.4. The Balaban J connectivity index is 2.18. The van der Waals surface area contributed by atoms with Crippen LogP contribution in [0.3, 0.4) is 0 Å². The Morgan fingerprint density at radius 2 is 1.79 bits per heavy atom. The van der Waals surface area contributed by atoms with Gasteiger partial charge in [-0.3, -0.25) is 13.8 Å². The van der Waals surface area contributed by atoms with Crippen molar-refractivity contribution in [3.63, 3.8) is 0 Å². The Bertz CT molecular complexity index is 778. The summed E-state index contributed by atoms with van der Waals surface area (Å²) in [5.41, 5.74) is 2.85. The minimum atomic E-state index is 0.0225. The van der Waals surface area contributed by atoms with E-state index in [9.17, 15) is 4.79 Å². The van der Waals surface area contributed by atoms with E-state index >= 15 is 0 Å². The Kier molecular flexibility index (Phi) is 2.74. The van der Waals surface area contributed by atoms with Crippen LogP contribution in [0, 0.1) is 0 Å². The maximum atomic E-state index is 12.4. The second-order valence-corrected chi connectivity index (χ2v) is 4.58. The topological polar surface area (TPSA) is 44.8 Å². The molecule has 3 rings (SSSR count). The Morgan fingerprint density at radius 3 is 2.37 bits per heavy atom. The Morgan fingerprint density at radius 1 is 1.11 bits per heavy atom. The molecule has 0 fully saturated rings. The lowest BCUT2D eigenvalue weighted by Crippen LogP contribution is -2.24. The first-order chi connectivity index (χ1) is 9.20. The van der Waals surface area contributed by atoms with Crippen LogP contribution in [0.1, 0.15) is 12.6 Å². The molecule has 0 atom stereocenters. The van der Waals surface area contributed by atoms with Gasteiger partial charge in [-0.25, -0.2) is 4.79 Å². The van der Waals surface area contributed by atoms with Gasteiger partial charge >= 0.3 is 5.69 Å². The average Bonchev–Trinajstić information content (AvgIpc) is 2.93. The lowest BCUT2D eigenvalue weighted by Gasteiger charge is -1.99. The molecule has 5 heteroatoms. The molecule has 2 heterocycles. The summed E-state index contributed by atoms with van der Waals surface area (Å²) in [6.45, 7) is 3.17. The quantitative estimate of drug-likeness (QED) is 0.714. The van der Waals surface area contributed by atoms with Crippen LogP contribution in [0.15, 0.2) is 41.3 Å². The van der Waals surface area contributed by atoms with Crippen molar-refractivity contribution < 1.29 is 0 Å². The highest BCUT2D eigenvalue weighted by molar-refractivity contribution is 5.76. The van der Waals surface area contributed by atoms with Crippen molar-refractivity contribution in [2.75, 3.05) is 0 Å². The minimum Gasteiger partial charge on any atom is -0.292 e. The highest BCUT2D eigenvalue weighted by Gasteiger charge is 2.12. The smallest absolute Gasteiger partial charge is 0.292 e. The normalized spacial score (nSPS) is 11.3. The van der Waals surface area contributed by atoms with E-state index in [1.54, 1.807) is 13.8 Å². The highest BCUT2D eigenvalue weighted by atomic mass is 16.1. The molecule has 0 saturated carbocycles. The molecule has 3 aromatic rings. The van der Waals surface area contributed by atoms with Crippen molar-refractivity contribution >= 4 is 11.0 Å². The summed E-state index contributed by atoms with van der Waals surface area (Å²) in [6, 6.07) is 9.81. The third-order valence-electron chi connectivity index (χ3n) is 3.33. The van der Waals surface area contributed by atoms with Crippen LogP contribution in [-0.4, -0.2) is 18.9 Å². The van der Waals surface area contributed by atoms with E-state index in [0.29, 0.717) is 13.1 Å². The van der Waals surface area contributed by atoms with Crippen LogP contribution in [0.5, 0.6) is 0 Å². The number of rotatable bonds is 3. The molecule has 5 nitrogen and oxygen atoms in total. The monoisotopic (exact) mass is 256 g/mol. The van der Waals surface area contributed by atoms with Crippen molar-refractivity contribution in [1.82, 2.24) is 18.9 Å². The molecule has 0 amide bonds. The van der Waals surface area contributed by atoms with Gasteiger partial charge in [0.15, 0.2) is 0 Å². The lowest BCUT2D eigenvalue weighted by atomic mass is 10.3. The summed E-state index contributed by atoms with van der Waals surface area (Å²) in [5, 5.41) is 4.34. The first-order valence-corrected chi connectivity index (χ1v) is 6.37. The van der Waals surface area contributed by atoms with Crippen molar-refractivity contribution in [3.05, 3.63) is 52.7 Å². The van der Waals surface area contributed by atoms with Crippen molar-refractivity contribution in [2.45, 2.75) is 20.0 Å². The van der Waals surface area contributed by atoms with Gasteiger partial charge < -0.3 is 0 Å². The summed E-state index contributed by atoms with van der Waals surface area (Å²) < 4.78 is 5.32. The maximum absolute atomic E-state index is 12.4. The number of aromatic nitrogens is 4. The van der Waals surface area contributed by atoms with Crippen LogP contribution in [-0.2, 0) is 20.1 Å². The summed E-state index contributed by atoms with van der Waals surface area (Å²) in [5.74, 6) is 0. The van der Waals surface area contributed by atoms with Crippen molar-refractivity contribution in [1.29, 1.82) is 0 Å². The van der Waals surface area contributed by atoms with Crippen molar-refractivity contribution in [3.8, 4) is 0 Å². The third kappa shape index (κ3) is 1.87. The van der Waals surface area contributed by atoms with E-state index in [0.717, 1.165) is 16.7 Å². The van der Waals surface area contributed by atoms with Gasteiger partial charge in [-0.1, -0.05) is 12.1 Å². The predicted molar refractivity (Wildman–Crippen MR) is 74.2 cm³/mol. The summed E-state index contributed by atoms with van der Waals surface area (Å²) in [7, 11) is 1.88. The number of nitrogens with zero attached hydrogens (tertiary/aromatic N) is 4. The summed E-state index contributed by atoms with van der Waals surface area (Å²) >= 11 is 0. The molecule has 0 N–H and O–H groups in total. The van der Waals surface area contributed by atoms with Crippen LogP contribution < -0.4 is 5.69 Å². The number of para-hydroxylation sites is 2. The number of imidazole rings is 1. The first-order valence-electron chi connectivity index (χ1n) is 6.37. The number of hydrogen-bond donors (Lipinski definition) is 0. The minimum absolute atomic E-state index is 0.0225. The summed E-state index contributed by atoms with van der Waals surface area (Å²) in [4.78, 5) is 12.4. The number of aryl methyl sites for hydroxylation is 2. The van der Waals surface area contributed by atoms with Crippen molar-refractivity contribution in [2.24, 2.45) is 7.05 Å². The fraction of sp³-hybridized carbons (Fsp3) is 0.286. The summed E-state index contributed by atoms with van der Waals surface area (Å²) in [6.07, 6.45) is 1.89. The van der Waals surface area contributed by atoms with Gasteiger partial charge in [-0.05, 0) is 25.1 Å². The van der Waals surface area contributed by atoms with E-state index in [4.69, 9.17) is 0 Å². The number of hydrogen-bond acceptors (Lipinski definition) is 2. The molecule has 19 heavy (non-hydrogen) atoms. The van der Waals surface area contributed by atoms with Gasteiger partial charge in [0, 0.05) is 19.8 Å². The molecule has 98 valence electrons. The molecular weight excluding hydrogens is 240 g/mol. The lowest BCUT2D eigenvalue weighted by molar-refractivity contribution is 0.662. The van der Waals surface area contributed by atoms with E-state index < -0.39 is 0 Å². The van der Waals surface area contributed by atoms with Gasteiger partial charge in [-0.15, -0.1) is 0 Å². The molecule has 2 aromatic heterocycles. The van der Waals surface area contributed by atoms with E-state index in [1.165, 1.54) is 0 Å². The van der Waals surface area contributed by atoms with Gasteiger partial charge in [-0.2, -0.15) is 5.10 Å². The molecule has 0 unspecified atom stereocenters.